The zero-order chi connectivity index (χ0) is 11.6. The van der Waals surface area contributed by atoms with Gasteiger partial charge in [-0.15, -0.1) is 0 Å². The van der Waals surface area contributed by atoms with Crippen LogP contribution in [0.15, 0.2) is 0 Å². The highest BCUT2D eigenvalue weighted by atomic mass is 16.3. The second-order valence-electron chi connectivity index (χ2n) is 6.01. The molecule has 1 aliphatic carbocycles. The van der Waals surface area contributed by atoms with Crippen LogP contribution < -0.4 is 0 Å². The molecule has 2 fully saturated rings. The molecule has 3 heteroatoms. The largest absolute Gasteiger partial charge is 0.396 e. The highest BCUT2D eigenvalue weighted by Gasteiger charge is 2.37. The van der Waals surface area contributed by atoms with Crippen LogP contribution >= 0.6 is 0 Å². The SMILES string of the molecule is CN(C)C1CCN(CC2(CO)CCCC2)C1. The molecule has 1 saturated heterocycles. The van der Waals surface area contributed by atoms with Crippen molar-refractivity contribution in [1.82, 2.24) is 9.80 Å². The standard InChI is InChI=1S/C13H26N2O/c1-14(2)12-5-8-15(9-12)10-13(11-16)6-3-4-7-13/h12,16H,3-11H2,1-2H3. The minimum atomic E-state index is 0.237. The number of hydrogen-bond acceptors (Lipinski definition) is 3. The molecule has 94 valence electrons. The van der Waals surface area contributed by atoms with Gasteiger partial charge in [0.25, 0.3) is 0 Å². The monoisotopic (exact) mass is 226 g/mol. The van der Waals surface area contributed by atoms with E-state index in [0.717, 1.165) is 12.6 Å². The van der Waals surface area contributed by atoms with Crippen LogP contribution in [-0.4, -0.2) is 61.3 Å². The lowest BCUT2D eigenvalue weighted by atomic mass is 9.87. The Bertz CT molecular complexity index is 224. The van der Waals surface area contributed by atoms with Crippen molar-refractivity contribution in [2.75, 3.05) is 40.3 Å². The van der Waals surface area contributed by atoms with E-state index in [0.29, 0.717) is 6.61 Å². The minimum Gasteiger partial charge on any atom is -0.396 e. The van der Waals surface area contributed by atoms with E-state index >= 15 is 0 Å². The first kappa shape index (κ1) is 12.3. The molecule has 0 radical (unpaired) electrons. The number of aliphatic hydroxyl groups is 1. The fourth-order valence-corrected chi connectivity index (χ4v) is 3.34. The Labute approximate surface area is 99.4 Å². The number of aliphatic hydroxyl groups excluding tert-OH is 1. The first-order chi connectivity index (χ1) is 7.65. The Morgan fingerprint density at radius 1 is 1.31 bits per heavy atom. The molecule has 16 heavy (non-hydrogen) atoms. The number of hydrogen-bond donors (Lipinski definition) is 1. The van der Waals surface area contributed by atoms with Crippen molar-refractivity contribution in [3.63, 3.8) is 0 Å². The van der Waals surface area contributed by atoms with E-state index in [-0.39, 0.29) is 5.41 Å². The van der Waals surface area contributed by atoms with Crippen molar-refractivity contribution in [2.24, 2.45) is 5.41 Å². The molecule has 1 aliphatic heterocycles. The smallest absolute Gasteiger partial charge is 0.0499 e. The summed E-state index contributed by atoms with van der Waals surface area (Å²) in [5.41, 5.74) is 0.237. The maximum atomic E-state index is 9.61. The fraction of sp³-hybridized carbons (Fsp3) is 1.00. The Kier molecular flexibility index (Phi) is 3.88. The summed E-state index contributed by atoms with van der Waals surface area (Å²) in [7, 11) is 4.34. The number of likely N-dealkylation sites (tertiary alicyclic amines) is 1. The molecule has 1 N–H and O–H groups in total. The maximum absolute atomic E-state index is 9.61. The highest BCUT2D eigenvalue weighted by Crippen LogP contribution is 2.38. The van der Waals surface area contributed by atoms with Crippen LogP contribution in [0.3, 0.4) is 0 Å². The van der Waals surface area contributed by atoms with Crippen LogP contribution in [0.4, 0.5) is 0 Å². The molecule has 2 rings (SSSR count). The third-order valence-corrected chi connectivity index (χ3v) is 4.54. The summed E-state index contributed by atoms with van der Waals surface area (Å²) in [6.07, 6.45) is 6.37. The van der Waals surface area contributed by atoms with Crippen molar-refractivity contribution >= 4 is 0 Å². The fourth-order valence-electron chi connectivity index (χ4n) is 3.34. The van der Waals surface area contributed by atoms with E-state index in [2.05, 4.69) is 23.9 Å². The van der Waals surface area contributed by atoms with Crippen LogP contribution in [-0.2, 0) is 0 Å². The maximum Gasteiger partial charge on any atom is 0.0499 e. The molecular weight excluding hydrogens is 200 g/mol. The van der Waals surface area contributed by atoms with Gasteiger partial charge in [0.2, 0.25) is 0 Å². The molecule has 3 nitrogen and oxygen atoms in total. The van der Waals surface area contributed by atoms with Gasteiger partial charge in [-0.3, -0.25) is 0 Å². The van der Waals surface area contributed by atoms with E-state index in [9.17, 15) is 5.11 Å². The Balaban J connectivity index is 1.86. The summed E-state index contributed by atoms with van der Waals surface area (Å²) in [6.45, 7) is 3.91. The van der Waals surface area contributed by atoms with Crippen molar-refractivity contribution in [2.45, 2.75) is 38.1 Å². The van der Waals surface area contributed by atoms with Gasteiger partial charge < -0.3 is 14.9 Å². The minimum absolute atomic E-state index is 0.237. The van der Waals surface area contributed by atoms with Crippen LogP contribution in [0.1, 0.15) is 32.1 Å². The van der Waals surface area contributed by atoms with Gasteiger partial charge in [0.05, 0.1) is 0 Å². The van der Waals surface area contributed by atoms with Crippen molar-refractivity contribution in [3.8, 4) is 0 Å². The Hall–Kier alpha value is -0.120. The van der Waals surface area contributed by atoms with Crippen LogP contribution in [0.2, 0.25) is 0 Å². The van der Waals surface area contributed by atoms with Crippen molar-refractivity contribution < 1.29 is 5.11 Å². The first-order valence-electron chi connectivity index (χ1n) is 6.65. The summed E-state index contributed by atoms with van der Waals surface area (Å²) in [6, 6.07) is 0.720. The zero-order valence-electron chi connectivity index (χ0n) is 10.8. The second-order valence-corrected chi connectivity index (χ2v) is 6.01. The third-order valence-electron chi connectivity index (χ3n) is 4.54. The van der Waals surface area contributed by atoms with Gasteiger partial charge in [-0.25, -0.2) is 0 Å². The molecule has 1 heterocycles. The van der Waals surface area contributed by atoms with Crippen LogP contribution in [0.25, 0.3) is 0 Å². The number of nitrogens with zero attached hydrogens (tertiary/aromatic N) is 2. The van der Waals surface area contributed by atoms with E-state index in [1.807, 2.05) is 0 Å². The first-order valence-corrected chi connectivity index (χ1v) is 6.65. The summed E-state index contributed by atoms with van der Waals surface area (Å²) < 4.78 is 0. The van der Waals surface area contributed by atoms with Gasteiger partial charge in [-0.2, -0.15) is 0 Å². The van der Waals surface area contributed by atoms with Gasteiger partial charge in [0, 0.05) is 31.2 Å². The van der Waals surface area contributed by atoms with E-state index in [4.69, 9.17) is 0 Å². The summed E-state index contributed by atoms with van der Waals surface area (Å²) in [4.78, 5) is 4.90. The average molecular weight is 226 g/mol. The average Bonchev–Trinajstić information content (AvgIpc) is 2.88. The normalized spacial score (nSPS) is 30.4. The molecule has 0 aromatic heterocycles. The molecular formula is C13H26N2O. The quantitative estimate of drug-likeness (QED) is 0.779. The van der Waals surface area contributed by atoms with E-state index < -0.39 is 0 Å². The van der Waals surface area contributed by atoms with Gasteiger partial charge in [-0.1, -0.05) is 12.8 Å². The van der Waals surface area contributed by atoms with Crippen LogP contribution in [0.5, 0.6) is 0 Å². The van der Waals surface area contributed by atoms with Gasteiger partial charge >= 0.3 is 0 Å². The lowest BCUT2D eigenvalue weighted by Gasteiger charge is -2.32. The molecule has 2 aliphatic rings. The van der Waals surface area contributed by atoms with Crippen molar-refractivity contribution in [1.29, 1.82) is 0 Å². The lowest BCUT2D eigenvalue weighted by molar-refractivity contribution is 0.0856. The predicted octanol–water partition coefficient (Wildman–Crippen LogP) is 1.17. The molecule has 0 aromatic rings. The van der Waals surface area contributed by atoms with Gasteiger partial charge in [-0.05, 0) is 39.9 Å². The molecule has 1 saturated carbocycles. The topological polar surface area (TPSA) is 26.7 Å². The van der Waals surface area contributed by atoms with Crippen molar-refractivity contribution in [3.05, 3.63) is 0 Å². The molecule has 0 aromatic carbocycles. The van der Waals surface area contributed by atoms with Gasteiger partial charge in [0.1, 0.15) is 0 Å². The molecule has 1 unspecified atom stereocenters. The molecule has 0 spiro atoms. The van der Waals surface area contributed by atoms with E-state index in [1.165, 1.54) is 45.2 Å². The molecule has 1 atom stereocenters. The van der Waals surface area contributed by atoms with Gasteiger partial charge in [0.15, 0.2) is 0 Å². The third kappa shape index (κ3) is 2.58. The van der Waals surface area contributed by atoms with E-state index in [1.54, 1.807) is 0 Å². The summed E-state index contributed by atoms with van der Waals surface area (Å²) in [5, 5.41) is 9.61. The predicted molar refractivity (Wildman–Crippen MR) is 66.5 cm³/mol. The molecule has 0 amide bonds. The Morgan fingerprint density at radius 3 is 2.50 bits per heavy atom. The lowest BCUT2D eigenvalue weighted by Crippen LogP contribution is -2.39. The number of likely N-dealkylation sites (N-methyl/N-ethyl adjacent to an activating group) is 1. The highest BCUT2D eigenvalue weighted by molar-refractivity contribution is 4.90. The molecule has 0 bridgehead atoms. The summed E-state index contributed by atoms with van der Waals surface area (Å²) in [5.74, 6) is 0. The van der Waals surface area contributed by atoms with Crippen LogP contribution in [0, 0.1) is 5.41 Å². The Morgan fingerprint density at radius 2 is 2.00 bits per heavy atom. The number of rotatable bonds is 4. The zero-order valence-corrected chi connectivity index (χ0v) is 10.8. The summed E-state index contributed by atoms with van der Waals surface area (Å²) >= 11 is 0. The second kappa shape index (κ2) is 5.03.